The van der Waals surface area contributed by atoms with E-state index in [2.05, 4.69) is 10.6 Å². The molecular weight excluding hydrogens is 455 g/mol. The first-order chi connectivity index (χ1) is 15.7. The van der Waals surface area contributed by atoms with Gasteiger partial charge >= 0.3 is 6.18 Å². The van der Waals surface area contributed by atoms with Crippen LogP contribution in [0.15, 0.2) is 78.4 Å². The number of hydrogen-bond donors (Lipinski definition) is 2. The van der Waals surface area contributed by atoms with Gasteiger partial charge in [-0.05, 0) is 54.1 Å². The van der Waals surface area contributed by atoms with Crippen molar-refractivity contribution in [2.45, 2.75) is 6.18 Å². The third-order valence-electron chi connectivity index (χ3n) is 4.39. The summed E-state index contributed by atoms with van der Waals surface area (Å²) in [6.07, 6.45) is -3.31. The molecule has 0 saturated carbocycles. The van der Waals surface area contributed by atoms with E-state index in [4.69, 9.17) is 11.6 Å². The molecule has 3 aromatic rings. The van der Waals surface area contributed by atoms with Crippen molar-refractivity contribution in [1.29, 1.82) is 5.26 Å². The number of rotatable bonds is 5. The highest BCUT2D eigenvalue weighted by atomic mass is 35.5. The zero-order valence-electron chi connectivity index (χ0n) is 16.8. The summed E-state index contributed by atoms with van der Waals surface area (Å²) in [6, 6.07) is 18.7. The molecule has 0 bridgehead atoms. The van der Waals surface area contributed by atoms with Gasteiger partial charge in [0.25, 0.3) is 11.8 Å². The van der Waals surface area contributed by atoms with Crippen LogP contribution in [-0.2, 0) is 11.0 Å². The van der Waals surface area contributed by atoms with Crippen LogP contribution >= 0.6 is 11.6 Å². The van der Waals surface area contributed by atoms with Crippen molar-refractivity contribution in [1.82, 2.24) is 0 Å². The number of alkyl halides is 3. The second-order valence-corrected chi connectivity index (χ2v) is 7.17. The normalized spacial score (nSPS) is 11.4. The van der Waals surface area contributed by atoms with E-state index in [9.17, 15) is 28.0 Å². The summed E-state index contributed by atoms with van der Waals surface area (Å²) in [6.45, 7) is 0. The van der Waals surface area contributed by atoms with Gasteiger partial charge in [0, 0.05) is 11.4 Å². The van der Waals surface area contributed by atoms with E-state index in [0.29, 0.717) is 11.3 Å². The van der Waals surface area contributed by atoms with Gasteiger partial charge in [0.1, 0.15) is 11.6 Å². The van der Waals surface area contributed by atoms with Gasteiger partial charge in [-0.3, -0.25) is 9.59 Å². The molecule has 33 heavy (non-hydrogen) atoms. The second kappa shape index (κ2) is 10.0. The maximum atomic E-state index is 12.9. The molecule has 5 nitrogen and oxygen atoms in total. The number of halogens is 4. The molecule has 3 rings (SSSR count). The van der Waals surface area contributed by atoms with Crippen LogP contribution in [0.1, 0.15) is 21.5 Å². The van der Waals surface area contributed by atoms with Crippen LogP contribution in [0, 0.1) is 11.3 Å². The Balaban J connectivity index is 1.77. The van der Waals surface area contributed by atoms with E-state index in [1.165, 1.54) is 18.2 Å². The molecule has 0 aliphatic carbocycles. The molecule has 0 aromatic heterocycles. The van der Waals surface area contributed by atoms with Gasteiger partial charge in [-0.1, -0.05) is 41.9 Å². The lowest BCUT2D eigenvalue weighted by atomic mass is 10.1. The van der Waals surface area contributed by atoms with Gasteiger partial charge < -0.3 is 10.6 Å². The summed E-state index contributed by atoms with van der Waals surface area (Å²) in [4.78, 5) is 24.9. The summed E-state index contributed by atoms with van der Waals surface area (Å²) in [7, 11) is 0. The first-order valence-corrected chi connectivity index (χ1v) is 9.81. The van der Waals surface area contributed by atoms with Gasteiger partial charge in [-0.15, -0.1) is 0 Å². The van der Waals surface area contributed by atoms with Gasteiger partial charge in [0.2, 0.25) is 0 Å². The van der Waals surface area contributed by atoms with Crippen molar-refractivity contribution < 1.29 is 22.8 Å². The fourth-order valence-electron chi connectivity index (χ4n) is 2.84. The minimum Gasteiger partial charge on any atom is -0.322 e. The number of benzene rings is 3. The molecule has 0 saturated heterocycles. The average molecular weight is 470 g/mol. The van der Waals surface area contributed by atoms with E-state index < -0.39 is 23.6 Å². The number of carbonyl (C=O) groups is 2. The highest BCUT2D eigenvalue weighted by molar-refractivity contribution is 6.34. The molecular formula is C24H15ClF3N3O2. The van der Waals surface area contributed by atoms with Crippen molar-refractivity contribution >= 4 is 40.9 Å². The number of nitriles is 1. The predicted molar refractivity (Wildman–Crippen MR) is 120 cm³/mol. The molecule has 0 fully saturated rings. The quantitative estimate of drug-likeness (QED) is 0.347. The van der Waals surface area contributed by atoms with E-state index in [1.54, 1.807) is 48.5 Å². The first-order valence-electron chi connectivity index (χ1n) is 9.44. The lowest BCUT2D eigenvalue weighted by Gasteiger charge is -2.10. The number of nitrogens with zero attached hydrogens (tertiary/aromatic N) is 1. The minimum atomic E-state index is -4.57. The molecule has 0 radical (unpaired) electrons. The van der Waals surface area contributed by atoms with E-state index >= 15 is 0 Å². The Morgan fingerprint density at radius 3 is 2.24 bits per heavy atom. The molecule has 0 aliphatic heterocycles. The van der Waals surface area contributed by atoms with Gasteiger partial charge in [0.05, 0.1) is 16.1 Å². The Hall–Kier alpha value is -4.09. The Morgan fingerprint density at radius 2 is 1.58 bits per heavy atom. The third kappa shape index (κ3) is 6.21. The molecule has 2 N–H and O–H groups in total. The third-order valence-corrected chi connectivity index (χ3v) is 4.72. The number of amides is 2. The van der Waals surface area contributed by atoms with Crippen LogP contribution in [0.3, 0.4) is 0 Å². The fraction of sp³-hybridized carbons (Fsp3) is 0.0417. The van der Waals surface area contributed by atoms with Crippen LogP contribution in [0.25, 0.3) is 6.08 Å². The van der Waals surface area contributed by atoms with Crippen molar-refractivity contribution in [3.63, 3.8) is 0 Å². The molecule has 0 heterocycles. The number of hydrogen-bond acceptors (Lipinski definition) is 3. The van der Waals surface area contributed by atoms with E-state index in [1.807, 2.05) is 0 Å². The van der Waals surface area contributed by atoms with E-state index in [0.717, 1.165) is 18.2 Å². The van der Waals surface area contributed by atoms with Gasteiger partial charge in [-0.25, -0.2) is 0 Å². The maximum Gasteiger partial charge on any atom is 0.416 e. The maximum absolute atomic E-state index is 12.9. The topological polar surface area (TPSA) is 82.0 Å². The predicted octanol–water partition coefficient (Wildman–Crippen LogP) is 6.16. The molecule has 0 aliphatic rings. The molecule has 0 spiro atoms. The second-order valence-electron chi connectivity index (χ2n) is 6.76. The standard InChI is InChI=1S/C24H15ClF3N3O2/c25-21-10-2-1-9-20(21)23(33)31-18-7-3-5-15(12-18)11-16(14-29)22(32)30-19-8-4-6-17(13-19)24(26,27)28/h1-13H,(H,30,32)(H,31,33)/b16-11+. The Kier molecular flexibility index (Phi) is 7.16. The first kappa shape index (κ1) is 23.6. The van der Waals surface area contributed by atoms with Gasteiger partial charge in [-0.2, -0.15) is 18.4 Å². The molecule has 9 heteroatoms. The molecule has 0 atom stereocenters. The lowest BCUT2D eigenvalue weighted by molar-refractivity contribution is -0.137. The Labute approximate surface area is 192 Å². The van der Waals surface area contributed by atoms with Crippen LogP contribution in [-0.4, -0.2) is 11.8 Å². The highest BCUT2D eigenvalue weighted by Gasteiger charge is 2.30. The summed E-state index contributed by atoms with van der Waals surface area (Å²) in [5.41, 5.74) is -0.270. The fourth-order valence-corrected chi connectivity index (χ4v) is 3.06. The Bertz CT molecular complexity index is 1280. The smallest absolute Gasteiger partial charge is 0.322 e. The number of anilines is 2. The van der Waals surface area contributed by atoms with Crippen molar-refractivity contribution in [2.75, 3.05) is 10.6 Å². The van der Waals surface area contributed by atoms with Crippen molar-refractivity contribution in [2.24, 2.45) is 0 Å². The zero-order valence-corrected chi connectivity index (χ0v) is 17.5. The summed E-state index contributed by atoms with van der Waals surface area (Å²) < 4.78 is 38.6. The van der Waals surface area contributed by atoms with Crippen LogP contribution in [0.2, 0.25) is 5.02 Å². The van der Waals surface area contributed by atoms with Crippen LogP contribution in [0.5, 0.6) is 0 Å². The van der Waals surface area contributed by atoms with Crippen LogP contribution in [0.4, 0.5) is 24.5 Å². The van der Waals surface area contributed by atoms with E-state index in [-0.39, 0.29) is 21.8 Å². The van der Waals surface area contributed by atoms with Crippen LogP contribution < -0.4 is 10.6 Å². The monoisotopic (exact) mass is 469 g/mol. The summed E-state index contributed by atoms with van der Waals surface area (Å²) >= 11 is 6.03. The largest absolute Gasteiger partial charge is 0.416 e. The van der Waals surface area contributed by atoms with Crippen molar-refractivity contribution in [3.8, 4) is 6.07 Å². The number of nitrogens with one attached hydrogen (secondary N) is 2. The highest BCUT2D eigenvalue weighted by Crippen LogP contribution is 2.30. The minimum absolute atomic E-state index is 0.100. The average Bonchev–Trinajstić information content (AvgIpc) is 2.77. The lowest BCUT2D eigenvalue weighted by Crippen LogP contribution is -2.14. The molecule has 0 unspecified atom stereocenters. The zero-order chi connectivity index (χ0) is 24.0. The molecule has 166 valence electrons. The Morgan fingerprint density at radius 1 is 0.909 bits per heavy atom. The molecule has 2 amide bonds. The van der Waals surface area contributed by atoms with Gasteiger partial charge in [0.15, 0.2) is 0 Å². The molecule has 3 aromatic carbocycles. The summed E-state index contributed by atoms with van der Waals surface area (Å²) in [5, 5.41) is 14.6. The summed E-state index contributed by atoms with van der Waals surface area (Å²) in [5.74, 6) is -1.31. The van der Waals surface area contributed by atoms with Crippen molar-refractivity contribution in [3.05, 3.63) is 100 Å². The SMILES string of the molecule is N#C/C(=C\c1cccc(NC(=O)c2ccccc2Cl)c1)C(=O)Nc1cccc(C(F)(F)F)c1. The number of carbonyl (C=O) groups excluding carboxylic acids is 2.